The Labute approximate surface area is 207 Å². The molecule has 1 aliphatic carbocycles. The molecule has 35 heavy (non-hydrogen) atoms. The van der Waals surface area contributed by atoms with Crippen LogP contribution in [0.4, 0.5) is 4.79 Å². The van der Waals surface area contributed by atoms with E-state index in [4.69, 9.17) is 9.88 Å². The van der Waals surface area contributed by atoms with Crippen LogP contribution in [0.2, 0.25) is 0 Å². The molecule has 2 amide bonds. The molecule has 1 saturated heterocycles. The number of hydrogen-bond acceptors (Lipinski definition) is 5. The molecule has 188 valence electrons. The fraction of sp³-hybridized carbons (Fsp3) is 0.462. The average Bonchev–Trinajstić information content (AvgIpc) is 3.63. The number of sulfonamides is 1. The number of likely N-dealkylation sites (tertiary alicyclic amines) is 1. The first-order valence-electron chi connectivity index (χ1n) is 12.0. The summed E-state index contributed by atoms with van der Waals surface area (Å²) in [5, 5.41) is 5.17. The van der Waals surface area contributed by atoms with Crippen molar-refractivity contribution in [1.82, 2.24) is 9.80 Å². The third-order valence-electron chi connectivity index (χ3n) is 6.33. The molecule has 0 spiro atoms. The van der Waals surface area contributed by atoms with Gasteiger partial charge >= 0.3 is 6.09 Å². The van der Waals surface area contributed by atoms with Crippen LogP contribution in [0.25, 0.3) is 11.1 Å². The standard InChI is InChI=1S/C26H33N3O5S/c1-26(2,3)34-25(31)28-16-14-22(15-17-28)29(21-10-11-21)24(30)20-6-4-18(5-7-20)19-8-12-23(13-9-19)35(27,32)33/h4-9,12-13,21-22H,10-11,14-17H2,1-3H3,(H2,27,32,33). The maximum absolute atomic E-state index is 13.5. The Bertz CT molecular complexity index is 1170. The van der Waals surface area contributed by atoms with Crippen LogP contribution in [0.1, 0.15) is 56.8 Å². The maximum atomic E-state index is 13.5. The molecule has 0 radical (unpaired) electrons. The average molecular weight is 500 g/mol. The molecule has 0 atom stereocenters. The van der Waals surface area contributed by atoms with Gasteiger partial charge in [-0.2, -0.15) is 0 Å². The van der Waals surface area contributed by atoms with Gasteiger partial charge in [0.05, 0.1) is 4.90 Å². The van der Waals surface area contributed by atoms with E-state index in [1.54, 1.807) is 17.0 Å². The van der Waals surface area contributed by atoms with E-state index in [1.807, 2.05) is 49.9 Å². The molecule has 2 N–H and O–H groups in total. The first-order valence-corrected chi connectivity index (χ1v) is 13.5. The van der Waals surface area contributed by atoms with Gasteiger partial charge in [0.15, 0.2) is 0 Å². The minimum absolute atomic E-state index is 0.0133. The van der Waals surface area contributed by atoms with Gasteiger partial charge in [0, 0.05) is 30.7 Å². The van der Waals surface area contributed by atoms with Gasteiger partial charge in [-0.15, -0.1) is 0 Å². The Hall–Kier alpha value is -2.91. The number of amides is 2. The molecule has 2 fully saturated rings. The van der Waals surface area contributed by atoms with Crippen molar-refractivity contribution in [3.8, 4) is 11.1 Å². The number of primary sulfonamides is 1. The van der Waals surface area contributed by atoms with E-state index in [-0.39, 0.29) is 29.0 Å². The number of rotatable bonds is 5. The molecule has 1 aliphatic heterocycles. The van der Waals surface area contributed by atoms with Crippen LogP contribution in [0.5, 0.6) is 0 Å². The van der Waals surface area contributed by atoms with Crippen LogP contribution in [-0.4, -0.2) is 61.0 Å². The predicted molar refractivity (Wildman–Crippen MR) is 133 cm³/mol. The quantitative estimate of drug-likeness (QED) is 0.669. The first kappa shape index (κ1) is 25.2. The molecule has 0 aromatic heterocycles. The monoisotopic (exact) mass is 499 g/mol. The second kappa shape index (κ2) is 9.62. The normalized spacial score (nSPS) is 17.2. The number of ether oxygens (including phenoxy) is 1. The molecule has 1 heterocycles. The first-order chi connectivity index (χ1) is 16.4. The largest absolute Gasteiger partial charge is 0.444 e. The van der Waals surface area contributed by atoms with Crippen LogP contribution in [0.3, 0.4) is 0 Å². The summed E-state index contributed by atoms with van der Waals surface area (Å²) in [6.07, 6.45) is 3.18. The number of nitrogens with two attached hydrogens (primary N) is 1. The Morgan fingerprint density at radius 3 is 1.83 bits per heavy atom. The van der Waals surface area contributed by atoms with E-state index in [0.29, 0.717) is 18.7 Å². The second-order valence-electron chi connectivity index (χ2n) is 10.3. The van der Waals surface area contributed by atoms with Crippen molar-refractivity contribution in [2.24, 2.45) is 5.14 Å². The fourth-order valence-electron chi connectivity index (χ4n) is 4.43. The van der Waals surface area contributed by atoms with Gasteiger partial charge in [-0.25, -0.2) is 18.4 Å². The van der Waals surface area contributed by atoms with Crippen LogP contribution < -0.4 is 5.14 Å². The Morgan fingerprint density at radius 1 is 0.886 bits per heavy atom. The summed E-state index contributed by atoms with van der Waals surface area (Å²) < 4.78 is 28.4. The van der Waals surface area contributed by atoms with Crippen LogP contribution in [0, 0.1) is 0 Å². The zero-order chi connectivity index (χ0) is 25.4. The van der Waals surface area contributed by atoms with E-state index in [2.05, 4.69) is 0 Å². The van der Waals surface area contributed by atoms with Gasteiger partial charge in [-0.3, -0.25) is 4.79 Å². The zero-order valence-corrected chi connectivity index (χ0v) is 21.3. The molecule has 0 unspecified atom stereocenters. The highest BCUT2D eigenvalue weighted by Crippen LogP contribution is 2.34. The molecule has 8 nitrogen and oxygen atoms in total. The fourth-order valence-corrected chi connectivity index (χ4v) is 4.94. The topological polar surface area (TPSA) is 110 Å². The summed E-state index contributed by atoms with van der Waals surface area (Å²) in [5.74, 6) is 0.0133. The van der Waals surface area contributed by atoms with Crippen molar-refractivity contribution in [2.75, 3.05) is 13.1 Å². The Morgan fingerprint density at radius 2 is 1.37 bits per heavy atom. The molecule has 1 saturated carbocycles. The minimum Gasteiger partial charge on any atom is -0.444 e. The van der Waals surface area contributed by atoms with E-state index in [9.17, 15) is 18.0 Å². The minimum atomic E-state index is -3.74. The highest BCUT2D eigenvalue weighted by Gasteiger charge is 2.39. The summed E-state index contributed by atoms with van der Waals surface area (Å²) in [7, 11) is -3.74. The lowest BCUT2D eigenvalue weighted by atomic mass is 10.0. The number of hydrogen-bond donors (Lipinski definition) is 1. The number of benzene rings is 2. The summed E-state index contributed by atoms with van der Waals surface area (Å²) in [6.45, 7) is 6.72. The summed E-state index contributed by atoms with van der Waals surface area (Å²) >= 11 is 0. The lowest BCUT2D eigenvalue weighted by Gasteiger charge is -2.39. The number of carbonyl (C=O) groups excluding carboxylic acids is 2. The van der Waals surface area contributed by atoms with Gasteiger partial charge in [0.2, 0.25) is 10.0 Å². The van der Waals surface area contributed by atoms with Crippen LogP contribution >= 0.6 is 0 Å². The van der Waals surface area contributed by atoms with Gasteiger partial charge in [-0.05, 0) is 81.8 Å². The number of piperidine rings is 1. The van der Waals surface area contributed by atoms with Gasteiger partial charge in [-0.1, -0.05) is 24.3 Å². The van der Waals surface area contributed by atoms with Crippen LogP contribution in [-0.2, 0) is 14.8 Å². The van der Waals surface area contributed by atoms with E-state index in [1.165, 1.54) is 12.1 Å². The third-order valence-corrected chi connectivity index (χ3v) is 7.26. The maximum Gasteiger partial charge on any atom is 0.410 e. The van der Waals surface area contributed by atoms with Crippen molar-refractivity contribution < 1.29 is 22.7 Å². The van der Waals surface area contributed by atoms with E-state index < -0.39 is 15.6 Å². The summed E-state index contributed by atoms with van der Waals surface area (Å²) in [5.41, 5.74) is 1.81. The van der Waals surface area contributed by atoms with Crippen molar-refractivity contribution in [3.63, 3.8) is 0 Å². The molecule has 2 aliphatic rings. The second-order valence-corrected chi connectivity index (χ2v) is 11.9. The van der Waals surface area contributed by atoms with Crippen molar-refractivity contribution >= 4 is 22.0 Å². The molecular formula is C26H33N3O5S. The molecule has 2 aromatic carbocycles. The molecular weight excluding hydrogens is 466 g/mol. The van der Waals surface area contributed by atoms with Crippen LogP contribution in [0.15, 0.2) is 53.4 Å². The predicted octanol–water partition coefficient (Wildman–Crippen LogP) is 4.01. The molecule has 4 rings (SSSR count). The van der Waals surface area contributed by atoms with Gasteiger partial charge in [0.1, 0.15) is 5.60 Å². The van der Waals surface area contributed by atoms with Gasteiger partial charge in [0.25, 0.3) is 5.91 Å². The van der Waals surface area contributed by atoms with E-state index in [0.717, 1.165) is 36.8 Å². The zero-order valence-electron chi connectivity index (χ0n) is 20.4. The molecule has 2 aromatic rings. The van der Waals surface area contributed by atoms with Crippen molar-refractivity contribution in [1.29, 1.82) is 0 Å². The van der Waals surface area contributed by atoms with Crippen molar-refractivity contribution in [2.45, 2.75) is 69.0 Å². The summed E-state index contributed by atoms with van der Waals surface area (Å²) in [6, 6.07) is 14.1. The SMILES string of the molecule is CC(C)(C)OC(=O)N1CCC(N(C(=O)c2ccc(-c3ccc(S(N)(=O)=O)cc3)cc2)C2CC2)CC1. The van der Waals surface area contributed by atoms with Gasteiger partial charge < -0.3 is 14.5 Å². The lowest BCUT2D eigenvalue weighted by molar-refractivity contribution is 0.0142. The van der Waals surface area contributed by atoms with Crippen molar-refractivity contribution in [3.05, 3.63) is 54.1 Å². The third kappa shape index (κ3) is 6.21. The molecule has 9 heteroatoms. The highest BCUT2D eigenvalue weighted by atomic mass is 32.2. The number of carbonyl (C=O) groups is 2. The smallest absolute Gasteiger partial charge is 0.410 e. The Balaban J connectivity index is 1.42. The molecule has 0 bridgehead atoms. The highest BCUT2D eigenvalue weighted by molar-refractivity contribution is 7.89. The number of nitrogens with zero attached hydrogens (tertiary/aromatic N) is 2. The lowest BCUT2D eigenvalue weighted by Crippen LogP contribution is -2.50. The summed E-state index contributed by atoms with van der Waals surface area (Å²) in [4.78, 5) is 29.7. The van der Waals surface area contributed by atoms with E-state index >= 15 is 0 Å². The Kier molecular flexibility index (Phi) is 6.92.